The van der Waals surface area contributed by atoms with Crippen molar-refractivity contribution in [3.63, 3.8) is 0 Å². The summed E-state index contributed by atoms with van der Waals surface area (Å²) in [5.74, 6) is -2.19. The number of nitro benzene ring substituents is 1. The third kappa shape index (κ3) is 5.15. The second-order valence-corrected chi connectivity index (χ2v) is 7.66. The zero-order valence-corrected chi connectivity index (χ0v) is 19.7. The van der Waals surface area contributed by atoms with Crippen molar-refractivity contribution < 1.29 is 33.1 Å². The Labute approximate surface area is 210 Å². The van der Waals surface area contributed by atoms with Crippen molar-refractivity contribution in [1.29, 1.82) is 0 Å². The molecule has 0 fully saturated rings. The highest BCUT2D eigenvalue weighted by Gasteiger charge is 2.32. The maximum absolute atomic E-state index is 13.2. The quantitative estimate of drug-likeness (QED) is 0.191. The topological polar surface area (TPSA) is 123 Å². The molecule has 0 aliphatic rings. The summed E-state index contributed by atoms with van der Waals surface area (Å²) < 4.78 is 29.8. The minimum Gasteiger partial charge on any atom is -0.482 e. The lowest BCUT2D eigenvalue weighted by molar-refractivity contribution is -0.385. The molecule has 37 heavy (non-hydrogen) atoms. The Bertz CT molecular complexity index is 1470. The van der Waals surface area contributed by atoms with Gasteiger partial charge in [0.1, 0.15) is 23.7 Å². The van der Waals surface area contributed by atoms with Gasteiger partial charge in [0.25, 0.3) is 0 Å². The molecule has 0 spiro atoms. The van der Waals surface area contributed by atoms with Gasteiger partial charge in [-0.05, 0) is 42.0 Å². The number of carbonyl (C=O) groups is 2. The normalized spacial score (nSPS) is 10.6. The summed E-state index contributed by atoms with van der Waals surface area (Å²) >= 11 is 0. The molecule has 4 rings (SSSR count). The van der Waals surface area contributed by atoms with Gasteiger partial charge < -0.3 is 14.2 Å². The SMILES string of the molecule is COC(=O)c1c(-c2ccc(OCc3ccc(F)cc3)c([N+](=O)[O-])c2)nn(-c2ccccc2)c1C(=O)OC. The highest BCUT2D eigenvalue weighted by atomic mass is 19.1. The molecule has 11 heteroatoms. The zero-order valence-electron chi connectivity index (χ0n) is 19.7. The monoisotopic (exact) mass is 505 g/mol. The molecule has 0 amide bonds. The van der Waals surface area contributed by atoms with Crippen molar-refractivity contribution in [3.8, 4) is 22.7 Å². The molecule has 0 saturated carbocycles. The van der Waals surface area contributed by atoms with E-state index in [1.54, 1.807) is 30.3 Å². The highest BCUT2D eigenvalue weighted by molar-refractivity contribution is 6.07. The number of esters is 2. The van der Waals surface area contributed by atoms with E-state index in [0.717, 1.165) is 14.2 Å². The number of benzene rings is 3. The fourth-order valence-electron chi connectivity index (χ4n) is 3.63. The number of carbonyl (C=O) groups excluding carboxylic acids is 2. The van der Waals surface area contributed by atoms with Crippen molar-refractivity contribution in [2.75, 3.05) is 14.2 Å². The van der Waals surface area contributed by atoms with E-state index >= 15 is 0 Å². The molecule has 0 N–H and O–H groups in total. The van der Waals surface area contributed by atoms with Gasteiger partial charge in [0.05, 0.1) is 24.8 Å². The highest BCUT2D eigenvalue weighted by Crippen LogP contribution is 2.35. The summed E-state index contributed by atoms with van der Waals surface area (Å²) in [6.07, 6.45) is 0. The summed E-state index contributed by atoms with van der Waals surface area (Å²) in [5, 5.41) is 16.3. The van der Waals surface area contributed by atoms with E-state index in [9.17, 15) is 24.1 Å². The largest absolute Gasteiger partial charge is 0.482 e. The van der Waals surface area contributed by atoms with E-state index in [4.69, 9.17) is 14.2 Å². The molecule has 0 saturated heterocycles. The summed E-state index contributed by atoms with van der Waals surface area (Å²) in [5.41, 5.74) is 0.391. The van der Waals surface area contributed by atoms with Crippen LogP contribution >= 0.6 is 0 Å². The second kappa shape index (κ2) is 10.7. The first-order chi connectivity index (χ1) is 17.8. The number of nitrogens with zero attached hydrogens (tertiary/aromatic N) is 3. The summed E-state index contributed by atoms with van der Waals surface area (Å²) in [7, 11) is 2.30. The molecule has 0 unspecified atom stereocenters. The lowest BCUT2D eigenvalue weighted by Gasteiger charge is -2.09. The molecule has 10 nitrogen and oxygen atoms in total. The first-order valence-corrected chi connectivity index (χ1v) is 10.8. The molecule has 0 atom stereocenters. The van der Waals surface area contributed by atoms with Gasteiger partial charge >= 0.3 is 17.6 Å². The molecular formula is C26H20FN3O7. The minimum atomic E-state index is -0.878. The van der Waals surface area contributed by atoms with E-state index in [1.807, 2.05) is 0 Å². The number of methoxy groups -OCH3 is 2. The predicted molar refractivity (Wildman–Crippen MR) is 129 cm³/mol. The van der Waals surface area contributed by atoms with Gasteiger partial charge in [0.2, 0.25) is 0 Å². The van der Waals surface area contributed by atoms with E-state index in [1.165, 1.54) is 47.1 Å². The fraction of sp³-hybridized carbons (Fsp3) is 0.115. The van der Waals surface area contributed by atoms with Crippen LogP contribution in [0.3, 0.4) is 0 Å². The van der Waals surface area contributed by atoms with Crippen molar-refractivity contribution in [3.05, 3.63) is 106 Å². The van der Waals surface area contributed by atoms with Crippen LogP contribution in [-0.2, 0) is 16.1 Å². The standard InChI is InChI=1S/C26H20FN3O7/c1-35-25(31)22-23(28-29(24(22)26(32)36-2)19-6-4-3-5-7-19)17-10-13-21(20(14-17)30(33)34)37-15-16-8-11-18(27)12-9-16/h3-14H,15H2,1-2H3. The van der Waals surface area contributed by atoms with Crippen molar-refractivity contribution >= 4 is 17.6 Å². The maximum atomic E-state index is 13.2. The van der Waals surface area contributed by atoms with Crippen LogP contribution in [0.1, 0.15) is 26.4 Å². The van der Waals surface area contributed by atoms with E-state index < -0.39 is 28.4 Å². The van der Waals surface area contributed by atoms with Gasteiger partial charge in [-0.1, -0.05) is 30.3 Å². The molecule has 3 aromatic carbocycles. The first kappa shape index (κ1) is 25.0. The van der Waals surface area contributed by atoms with E-state index in [2.05, 4.69) is 5.10 Å². The summed E-state index contributed by atoms with van der Waals surface area (Å²) in [6.45, 7) is -0.0387. The number of halogens is 1. The molecule has 0 aliphatic heterocycles. The van der Waals surface area contributed by atoms with Crippen LogP contribution in [0.5, 0.6) is 5.75 Å². The number of nitro groups is 1. The van der Waals surface area contributed by atoms with Gasteiger partial charge in [-0.3, -0.25) is 10.1 Å². The van der Waals surface area contributed by atoms with Gasteiger partial charge in [-0.15, -0.1) is 0 Å². The first-order valence-electron chi connectivity index (χ1n) is 10.8. The number of hydrogen-bond donors (Lipinski definition) is 0. The Morgan fingerprint density at radius 1 is 0.973 bits per heavy atom. The molecule has 188 valence electrons. The second-order valence-electron chi connectivity index (χ2n) is 7.66. The fourth-order valence-corrected chi connectivity index (χ4v) is 3.63. The van der Waals surface area contributed by atoms with Crippen LogP contribution < -0.4 is 4.74 Å². The number of rotatable bonds is 8. The minimum absolute atomic E-state index is 0.0238. The Hall–Kier alpha value is -5.06. The number of hydrogen-bond acceptors (Lipinski definition) is 8. The average molecular weight is 505 g/mol. The third-order valence-corrected chi connectivity index (χ3v) is 5.39. The number of aromatic nitrogens is 2. The van der Waals surface area contributed by atoms with Crippen LogP contribution in [0.25, 0.3) is 16.9 Å². The summed E-state index contributed by atoms with van der Waals surface area (Å²) in [4.78, 5) is 36.7. The van der Waals surface area contributed by atoms with E-state index in [-0.39, 0.29) is 34.9 Å². The molecular weight excluding hydrogens is 485 g/mol. The Morgan fingerprint density at radius 2 is 1.65 bits per heavy atom. The molecule has 1 aromatic heterocycles. The number of para-hydroxylation sites is 1. The average Bonchev–Trinajstić information content (AvgIpc) is 3.33. The Balaban J connectivity index is 1.83. The Kier molecular flexibility index (Phi) is 7.23. The Morgan fingerprint density at radius 3 is 2.27 bits per heavy atom. The van der Waals surface area contributed by atoms with Gasteiger partial charge in [-0.2, -0.15) is 5.10 Å². The van der Waals surface area contributed by atoms with Crippen molar-refractivity contribution in [1.82, 2.24) is 9.78 Å². The molecule has 1 heterocycles. The molecule has 0 aliphatic carbocycles. The van der Waals surface area contributed by atoms with Crippen LogP contribution in [0.15, 0.2) is 72.8 Å². The third-order valence-electron chi connectivity index (χ3n) is 5.39. The van der Waals surface area contributed by atoms with Gasteiger partial charge in [-0.25, -0.2) is 18.7 Å². The molecule has 0 bridgehead atoms. The summed E-state index contributed by atoms with van der Waals surface area (Å²) in [6, 6.07) is 18.1. The van der Waals surface area contributed by atoms with Crippen LogP contribution in [0.4, 0.5) is 10.1 Å². The maximum Gasteiger partial charge on any atom is 0.357 e. The lowest BCUT2D eigenvalue weighted by atomic mass is 10.0. The van der Waals surface area contributed by atoms with Crippen LogP contribution in [0, 0.1) is 15.9 Å². The number of ether oxygens (including phenoxy) is 3. The van der Waals surface area contributed by atoms with E-state index in [0.29, 0.717) is 11.3 Å². The molecule has 4 aromatic rings. The predicted octanol–water partition coefficient (Wildman–Crippen LogP) is 4.74. The van der Waals surface area contributed by atoms with Crippen LogP contribution in [-0.4, -0.2) is 40.9 Å². The zero-order chi connectivity index (χ0) is 26.5. The molecule has 0 radical (unpaired) electrons. The van der Waals surface area contributed by atoms with Gasteiger partial charge in [0, 0.05) is 11.6 Å². The lowest BCUT2D eigenvalue weighted by Crippen LogP contribution is -2.15. The van der Waals surface area contributed by atoms with Crippen molar-refractivity contribution in [2.45, 2.75) is 6.61 Å². The van der Waals surface area contributed by atoms with Crippen LogP contribution in [0.2, 0.25) is 0 Å². The smallest absolute Gasteiger partial charge is 0.357 e. The van der Waals surface area contributed by atoms with Crippen molar-refractivity contribution in [2.24, 2.45) is 0 Å². The van der Waals surface area contributed by atoms with Gasteiger partial charge in [0.15, 0.2) is 11.4 Å².